The minimum absolute atomic E-state index is 0.0221. The minimum atomic E-state index is -1.11. The summed E-state index contributed by atoms with van der Waals surface area (Å²) >= 11 is 0. The molecule has 1 heterocycles. The number of nitrogens with one attached hydrogen (secondary N) is 1. The van der Waals surface area contributed by atoms with Crippen molar-refractivity contribution in [3.8, 4) is 0 Å². The first-order valence-electron chi connectivity index (χ1n) is 7.64. The van der Waals surface area contributed by atoms with Gasteiger partial charge < -0.3 is 9.88 Å². The monoisotopic (exact) mass is 358 g/mol. The van der Waals surface area contributed by atoms with Crippen LogP contribution >= 0.6 is 0 Å². The summed E-state index contributed by atoms with van der Waals surface area (Å²) in [5, 5.41) is 2.35. The molecule has 4 nitrogen and oxygen atoms in total. The Kier molecular flexibility index (Phi) is 4.88. The highest BCUT2D eigenvalue weighted by Gasteiger charge is 2.14. The van der Waals surface area contributed by atoms with Crippen LogP contribution in [0.5, 0.6) is 0 Å². The molecule has 1 aromatic heterocycles. The molecule has 0 bridgehead atoms. The molecule has 2 aromatic carbocycles. The quantitative estimate of drug-likeness (QED) is 0.775. The number of aromatic nitrogens is 1. The van der Waals surface area contributed by atoms with Crippen molar-refractivity contribution in [2.75, 3.05) is 5.32 Å². The molecule has 0 aliphatic carbocycles. The second-order valence-electron chi connectivity index (χ2n) is 5.57. The van der Waals surface area contributed by atoms with Crippen molar-refractivity contribution in [2.24, 2.45) is 0 Å². The third-order valence-corrected chi connectivity index (χ3v) is 3.68. The summed E-state index contributed by atoms with van der Waals surface area (Å²) in [7, 11) is 0. The summed E-state index contributed by atoms with van der Waals surface area (Å²) in [6.45, 7) is 0.0862. The van der Waals surface area contributed by atoms with Crippen molar-refractivity contribution in [3.63, 3.8) is 0 Å². The van der Waals surface area contributed by atoms with E-state index in [1.54, 1.807) is 6.07 Å². The zero-order valence-corrected chi connectivity index (χ0v) is 13.4. The number of pyridine rings is 1. The number of amides is 1. The standard InChI is InChI=1S/C19H13F3N2O2/c20-13-4-1-3-12(9-13)11-24-8-2-5-15(19(24)26)18(25)23-14-6-7-16(21)17(22)10-14/h1-10H,11H2,(H,23,25). The highest BCUT2D eigenvalue weighted by molar-refractivity contribution is 6.03. The molecule has 0 aliphatic rings. The third kappa shape index (κ3) is 3.83. The number of anilines is 1. The number of carbonyl (C=O) groups is 1. The molecule has 0 atom stereocenters. The number of carbonyl (C=O) groups excluding carboxylic acids is 1. The maximum Gasteiger partial charge on any atom is 0.263 e. The molecule has 0 unspecified atom stereocenters. The molecule has 1 amide bonds. The Hall–Kier alpha value is -3.35. The molecule has 0 fully saturated rings. The van der Waals surface area contributed by atoms with Gasteiger partial charge in [-0.25, -0.2) is 13.2 Å². The first kappa shape index (κ1) is 17.5. The second-order valence-corrected chi connectivity index (χ2v) is 5.57. The first-order chi connectivity index (χ1) is 12.4. The van der Waals surface area contributed by atoms with Crippen LogP contribution in [0.25, 0.3) is 0 Å². The Labute approximate surface area is 146 Å². The van der Waals surface area contributed by atoms with Gasteiger partial charge >= 0.3 is 0 Å². The Morgan fingerprint density at radius 2 is 1.77 bits per heavy atom. The van der Waals surface area contributed by atoms with E-state index in [-0.39, 0.29) is 17.8 Å². The van der Waals surface area contributed by atoms with E-state index < -0.39 is 28.9 Å². The molecule has 0 saturated heterocycles. The Bertz CT molecular complexity index is 1030. The van der Waals surface area contributed by atoms with Gasteiger partial charge in [0.25, 0.3) is 11.5 Å². The summed E-state index contributed by atoms with van der Waals surface area (Å²) < 4.78 is 40.7. The number of rotatable bonds is 4. The lowest BCUT2D eigenvalue weighted by atomic mass is 10.2. The molecule has 132 valence electrons. The van der Waals surface area contributed by atoms with Crippen LogP contribution in [-0.2, 0) is 6.54 Å². The van der Waals surface area contributed by atoms with Gasteiger partial charge in [0.2, 0.25) is 0 Å². The second kappa shape index (κ2) is 7.26. The summed E-state index contributed by atoms with van der Waals surface area (Å²) in [5.74, 6) is -3.34. The van der Waals surface area contributed by atoms with Crippen molar-refractivity contribution in [1.29, 1.82) is 0 Å². The topological polar surface area (TPSA) is 51.1 Å². The normalized spacial score (nSPS) is 10.6. The SMILES string of the molecule is O=C(Nc1ccc(F)c(F)c1)c1cccn(Cc2cccc(F)c2)c1=O. The van der Waals surface area contributed by atoms with Gasteiger partial charge in [-0.1, -0.05) is 12.1 Å². The Morgan fingerprint density at radius 3 is 2.50 bits per heavy atom. The summed E-state index contributed by atoms with van der Waals surface area (Å²) in [5.41, 5.74) is -0.176. The highest BCUT2D eigenvalue weighted by atomic mass is 19.2. The average molecular weight is 358 g/mol. The van der Waals surface area contributed by atoms with Gasteiger partial charge in [-0.05, 0) is 42.0 Å². The van der Waals surface area contributed by atoms with Gasteiger partial charge in [-0.15, -0.1) is 0 Å². The fourth-order valence-corrected chi connectivity index (χ4v) is 2.44. The number of halogens is 3. The van der Waals surface area contributed by atoms with Crippen LogP contribution < -0.4 is 10.9 Å². The molecule has 0 saturated carbocycles. The number of hydrogen-bond donors (Lipinski definition) is 1. The van der Waals surface area contributed by atoms with E-state index in [0.717, 1.165) is 12.1 Å². The van der Waals surface area contributed by atoms with Crippen LogP contribution in [-0.4, -0.2) is 10.5 Å². The molecule has 3 rings (SSSR count). The molecule has 3 aromatic rings. The number of benzene rings is 2. The third-order valence-electron chi connectivity index (χ3n) is 3.68. The van der Waals surface area contributed by atoms with Crippen LogP contribution in [0.1, 0.15) is 15.9 Å². The van der Waals surface area contributed by atoms with E-state index in [4.69, 9.17) is 0 Å². The molecule has 0 spiro atoms. The molecule has 0 aliphatic heterocycles. The largest absolute Gasteiger partial charge is 0.322 e. The summed E-state index contributed by atoms with van der Waals surface area (Å²) in [6, 6.07) is 11.5. The molecular weight excluding hydrogens is 345 g/mol. The van der Waals surface area contributed by atoms with Gasteiger partial charge in [-0.2, -0.15) is 0 Å². The lowest BCUT2D eigenvalue weighted by Gasteiger charge is -2.09. The van der Waals surface area contributed by atoms with Crippen LogP contribution in [0.2, 0.25) is 0 Å². The number of nitrogens with zero attached hydrogens (tertiary/aromatic N) is 1. The molecular formula is C19H13F3N2O2. The van der Waals surface area contributed by atoms with Crippen molar-refractivity contribution >= 4 is 11.6 Å². The number of hydrogen-bond acceptors (Lipinski definition) is 2. The van der Waals surface area contributed by atoms with E-state index in [1.807, 2.05) is 0 Å². The maximum atomic E-state index is 13.3. The summed E-state index contributed by atoms with van der Waals surface area (Å²) in [6.07, 6.45) is 1.47. The molecule has 7 heteroatoms. The van der Waals surface area contributed by atoms with Gasteiger partial charge in [-0.3, -0.25) is 9.59 Å². The van der Waals surface area contributed by atoms with Crippen LogP contribution in [0.4, 0.5) is 18.9 Å². The van der Waals surface area contributed by atoms with Crippen molar-refractivity contribution in [2.45, 2.75) is 6.54 Å². The lowest BCUT2D eigenvalue weighted by Crippen LogP contribution is -2.29. The zero-order valence-electron chi connectivity index (χ0n) is 13.4. The van der Waals surface area contributed by atoms with Crippen molar-refractivity contribution in [1.82, 2.24) is 4.57 Å². The van der Waals surface area contributed by atoms with E-state index >= 15 is 0 Å². The van der Waals surface area contributed by atoms with Crippen molar-refractivity contribution < 1.29 is 18.0 Å². The van der Waals surface area contributed by atoms with E-state index in [1.165, 1.54) is 47.2 Å². The molecule has 1 N–H and O–H groups in total. The maximum absolute atomic E-state index is 13.3. The van der Waals surface area contributed by atoms with E-state index in [2.05, 4.69) is 5.32 Å². The molecule has 0 radical (unpaired) electrons. The summed E-state index contributed by atoms with van der Waals surface area (Å²) in [4.78, 5) is 24.8. The van der Waals surface area contributed by atoms with Crippen LogP contribution in [0.15, 0.2) is 65.6 Å². The predicted molar refractivity (Wildman–Crippen MR) is 90.5 cm³/mol. The highest BCUT2D eigenvalue weighted by Crippen LogP contribution is 2.14. The van der Waals surface area contributed by atoms with Gasteiger partial charge in [0.15, 0.2) is 11.6 Å². The fraction of sp³-hybridized carbons (Fsp3) is 0.0526. The average Bonchev–Trinajstić information content (AvgIpc) is 2.60. The Balaban J connectivity index is 1.85. The smallest absolute Gasteiger partial charge is 0.263 e. The zero-order chi connectivity index (χ0) is 18.7. The van der Waals surface area contributed by atoms with Gasteiger partial charge in [0.1, 0.15) is 11.4 Å². The first-order valence-corrected chi connectivity index (χ1v) is 7.64. The van der Waals surface area contributed by atoms with E-state index in [0.29, 0.717) is 5.56 Å². The van der Waals surface area contributed by atoms with Gasteiger partial charge in [0.05, 0.1) is 6.54 Å². The van der Waals surface area contributed by atoms with Gasteiger partial charge in [0, 0.05) is 18.0 Å². The lowest BCUT2D eigenvalue weighted by molar-refractivity contribution is 0.102. The van der Waals surface area contributed by atoms with E-state index in [9.17, 15) is 22.8 Å². The fourth-order valence-electron chi connectivity index (χ4n) is 2.44. The van der Waals surface area contributed by atoms with Crippen LogP contribution in [0, 0.1) is 17.5 Å². The molecule has 26 heavy (non-hydrogen) atoms. The van der Waals surface area contributed by atoms with Crippen LogP contribution in [0.3, 0.4) is 0 Å². The predicted octanol–water partition coefficient (Wildman–Crippen LogP) is 3.57. The Morgan fingerprint density at radius 1 is 0.962 bits per heavy atom. The van der Waals surface area contributed by atoms with Crippen molar-refractivity contribution in [3.05, 3.63) is 99.7 Å². The minimum Gasteiger partial charge on any atom is -0.322 e.